The van der Waals surface area contributed by atoms with E-state index in [1.807, 2.05) is 36.0 Å². The summed E-state index contributed by atoms with van der Waals surface area (Å²) in [6.45, 7) is 0. The van der Waals surface area contributed by atoms with Gasteiger partial charge in [0.25, 0.3) is 0 Å². The molecule has 0 unspecified atom stereocenters. The highest BCUT2D eigenvalue weighted by molar-refractivity contribution is 7.26. The van der Waals surface area contributed by atoms with Crippen LogP contribution in [0.4, 0.5) is 5.82 Å². The van der Waals surface area contributed by atoms with Crippen LogP contribution in [0.2, 0.25) is 0 Å². The van der Waals surface area contributed by atoms with Gasteiger partial charge in [-0.05, 0) is 17.7 Å². The number of carbonyl (C=O) groups excluding carboxylic acids is 1. The average Bonchev–Trinajstić information content (AvgIpc) is 3.07. The number of thiophene rings is 1. The minimum absolute atomic E-state index is 0.0875. The maximum absolute atomic E-state index is 12.3. The zero-order valence-electron chi connectivity index (χ0n) is 12.5. The van der Waals surface area contributed by atoms with Gasteiger partial charge in [0.1, 0.15) is 0 Å². The number of rotatable bonds is 3. The van der Waals surface area contributed by atoms with E-state index in [4.69, 9.17) is 0 Å². The SMILES string of the molecule is Cn1nc(NC(=O)Cc2cccnc2)c2sc3ccccc3c21. The molecule has 3 aromatic heterocycles. The van der Waals surface area contributed by atoms with Crippen molar-refractivity contribution in [3.8, 4) is 0 Å². The van der Waals surface area contributed by atoms with Gasteiger partial charge in [-0.15, -0.1) is 11.3 Å². The van der Waals surface area contributed by atoms with Gasteiger partial charge in [0.2, 0.25) is 5.91 Å². The van der Waals surface area contributed by atoms with Gasteiger partial charge in [0, 0.05) is 29.5 Å². The molecule has 3 heterocycles. The molecule has 1 aromatic carbocycles. The van der Waals surface area contributed by atoms with Crippen molar-refractivity contribution >= 4 is 43.4 Å². The normalized spacial score (nSPS) is 11.2. The highest BCUT2D eigenvalue weighted by Gasteiger charge is 2.16. The van der Waals surface area contributed by atoms with Gasteiger partial charge >= 0.3 is 0 Å². The van der Waals surface area contributed by atoms with Gasteiger partial charge < -0.3 is 5.32 Å². The van der Waals surface area contributed by atoms with E-state index in [-0.39, 0.29) is 12.3 Å². The second-order valence-corrected chi connectivity index (χ2v) is 6.39. The zero-order chi connectivity index (χ0) is 15.8. The van der Waals surface area contributed by atoms with E-state index >= 15 is 0 Å². The number of nitrogens with zero attached hydrogens (tertiary/aromatic N) is 3. The summed E-state index contributed by atoms with van der Waals surface area (Å²) in [5.41, 5.74) is 1.94. The lowest BCUT2D eigenvalue weighted by Gasteiger charge is -2.02. The molecule has 0 aliphatic rings. The number of hydrogen-bond donors (Lipinski definition) is 1. The summed E-state index contributed by atoms with van der Waals surface area (Å²) < 4.78 is 4.03. The Balaban J connectivity index is 1.68. The smallest absolute Gasteiger partial charge is 0.230 e. The van der Waals surface area contributed by atoms with Crippen molar-refractivity contribution in [3.63, 3.8) is 0 Å². The fraction of sp³-hybridized carbons (Fsp3) is 0.118. The Morgan fingerprint density at radius 2 is 2.13 bits per heavy atom. The third kappa shape index (κ3) is 2.47. The second-order valence-electron chi connectivity index (χ2n) is 5.33. The van der Waals surface area contributed by atoms with Gasteiger partial charge in [-0.25, -0.2) is 0 Å². The Bertz CT molecular complexity index is 1000. The number of aryl methyl sites for hydroxylation is 1. The molecule has 0 atom stereocenters. The molecule has 0 radical (unpaired) electrons. The third-order valence-corrected chi connectivity index (χ3v) is 4.87. The first-order valence-electron chi connectivity index (χ1n) is 7.25. The van der Waals surface area contributed by atoms with Gasteiger partial charge in [-0.1, -0.05) is 24.3 Å². The predicted molar refractivity (Wildman–Crippen MR) is 92.7 cm³/mol. The highest BCUT2D eigenvalue weighted by atomic mass is 32.1. The molecule has 114 valence electrons. The van der Waals surface area contributed by atoms with Crippen molar-refractivity contribution in [1.82, 2.24) is 14.8 Å². The van der Waals surface area contributed by atoms with E-state index in [1.165, 1.54) is 4.70 Å². The Morgan fingerprint density at radius 3 is 2.96 bits per heavy atom. The van der Waals surface area contributed by atoms with Gasteiger partial charge in [0.15, 0.2) is 5.82 Å². The van der Waals surface area contributed by atoms with Crippen LogP contribution >= 0.6 is 11.3 Å². The van der Waals surface area contributed by atoms with Crippen LogP contribution in [0.25, 0.3) is 20.3 Å². The average molecular weight is 322 g/mol. The van der Waals surface area contributed by atoms with E-state index in [9.17, 15) is 4.79 Å². The molecule has 1 N–H and O–H groups in total. The van der Waals surface area contributed by atoms with Gasteiger partial charge in [-0.3, -0.25) is 14.5 Å². The highest BCUT2D eigenvalue weighted by Crippen LogP contribution is 2.37. The first-order chi connectivity index (χ1) is 11.2. The number of pyridine rings is 1. The van der Waals surface area contributed by atoms with Crippen molar-refractivity contribution < 1.29 is 4.79 Å². The summed E-state index contributed by atoms with van der Waals surface area (Å²) in [5, 5.41) is 8.55. The first-order valence-corrected chi connectivity index (χ1v) is 8.07. The van der Waals surface area contributed by atoms with Crippen LogP contribution in [-0.4, -0.2) is 20.7 Å². The quantitative estimate of drug-likeness (QED) is 0.629. The molecular formula is C17H14N4OS. The number of carbonyl (C=O) groups is 1. The molecular weight excluding hydrogens is 308 g/mol. The van der Waals surface area contributed by atoms with Crippen LogP contribution in [0.15, 0.2) is 48.8 Å². The summed E-state index contributed by atoms with van der Waals surface area (Å²) in [6.07, 6.45) is 3.69. The molecule has 0 saturated carbocycles. The molecule has 0 spiro atoms. The van der Waals surface area contributed by atoms with Crippen molar-refractivity contribution in [2.75, 3.05) is 5.32 Å². The molecule has 0 saturated heterocycles. The van der Waals surface area contributed by atoms with E-state index in [0.717, 1.165) is 21.2 Å². The minimum atomic E-state index is -0.0875. The fourth-order valence-corrected chi connectivity index (χ4v) is 3.87. The van der Waals surface area contributed by atoms with Crippen LogP contribution in [0, 0.1) is 0 Å². The Kier molecular flexibility index (Phi) is 3.31. The van der Waals surface area contributed by atoms with Crippen LogP contribution in [-0.2, 0) is 18.3 Å². The van der Waals surface area contributed by atoms with Crippen LogP contribution in [0.5, 0.6) is 0 Å². The van der Waals surface area contributed by atoms with Crippen LogP contribution in [0.3, 0.4) is 0 Å². The molecule has 23 heavy (non-hydrogen) atoms. The zero-order valence-corrected chi connectivity index (χ0v) is 13.3. The largest absolute Gasteiger partial charge is 0.308 e. The summed E-state index contributed by atoms with van der Waals surface area (Å²) in [4.78, 5) is 16.3. The lowest BCUT2D eigenvalue weighted by atomic mass is 10.2. The summed E-state index contributed by atoms with van der Waals surface area (Å²) in [7, 11) is 1.90. The maximum atomic E-state index is 12.3. The Hall–Kier alpha value is -2.73. The van der Waals surface area contributed by atoms with E-state index in [0.29, 0.717) is 5.82 Å². The van der Waals surface area contributed by atoms with Crippen molar-refractivity contribution in [1.29, 1.82) is 0 Å². The Labute approximate surface area is 136 Å². The summed E-state index contributed by atoms with van der Waals surface area (Å²) in [5.74, 6) is 0.535. The van der Waals surface area contributed by atoms with Crippen molar-refractivity contribution in [2.24, 2.45) is 7.05 Å². The van der Waals surface area contributed by atoms with E-state index in [2.05, 4.69) is 27.5 Å². The lowest BCUT2D eigenvalue weighted by Crippen LogP contribution is -2.15. The molecule has 0 aliphatic carbocycles. The predicted octanol–water partition coefficient (Wildman–Crippen LogP) is 3.36. The van der Waals surface area contributed by atoms with Crippen molar-refractivity contribution in [3.05, 3.63) is 54.4 Å². The summed E-state index contributed by atoms with van der Waals surface area (Å²) >= 11 is 1.65. The molecule has 1 amide bonds. The van der Waals surface area contributed by atoms with E-state index in [1.54, 1.807) is 23.7 Å². The molecule has 6 heteroatoms. The first kappa shape index (κ1) is 13.9. The number of aromatic nitrogens is 3. The molecule has 0 fully saturated rings. The molecule has 0 bridgehead atoms. The molecule has 4 rings (SSSR count). The number of anilines is 1. The van der Waals surface area contributed by atoms with E-state index < -0.39 is 0 Å². The fourth-order valence-electron chi connectivity index (χ4n) is 2.71. The lowest BCUT2D eigenvalue weighted by molar-refractivity contribution is -0.115. The monoisotopic (exact) mass is 322 g/mol. The van der Waals surface area contributed by atoms with Gasteiger partial charge in [-0.2, -0.15) is 5.10 Å². The molecule has 4 aromatic rings. The van der Waals surface area contributed by atoms with Crippen LogP contribution in [0.1, 0.15) is 5.56 Å². The topological polar surface area (TPSA) is 59.8 Å². The Morgan fingerprint density at radius 1 is 1.26 bits per heavy atom. The van der Waals surface area contributed by atoms with Crippen molar-refractivity contribution in [2.45, 2.75) is 6.42 Å². The number of nitrogens with one attached hydrogen (secondary N) is 1. The molecule has 0 aliphatic heterocycles. The number of amides is 1. The number of hydrogen-bond acceptors (Lipinski definition) is 4. The van der Waals surface area contributed by atoms with Crippen LogP contribution < -0.4 is 5.32 Å². The molecule has 5 nitrogen and oxygen atoms in total. The maximum Gasteiger partial charge on any atom is 0.230 e. The standard InChI is InChI=1S/C17H14N4OS/c1-21-15-12-6-2-3-7-13(12)23-16(15)17(20-21)19-14(22)9-11-5-4-8-18-10-11/h2-8,10H,9H2,1H3,(H,19,20,22). The van der Waals surface area contributed by atoms with Gasteiger partial charge in [0.05, 0.1) is 16.6 Å². The number of benzene rings is 1. The second kappa shape index (κ2) is 5.48. The third-order valence-electron chi connectivity index (χ3n) is 3.70. The minimum Gasteiger partial charge on any atom is -0.308 e. The summed E-state index contributed by atoms with van der Waals surface area (Å²) in [6, 6.07) is 11.9. The number of fused-ring (bicyclic) bond motifs is 3.